The van der Waals surface area contributed by atoms with Gasteiger partial charge in [-0.3, -0.25) is 14.2 Å². The molecule has 9 nitrogen and oxygen atoms in total. The van der Waals surface area contributed by atoms with Crippen LogP contribution in [0.25, 0.3) is 16.6 Å². The summed E-state index contributed by atoms with van der Waals surface area (Å²) >= 11 is 1.08. The van der Waals surface area contributed by atoms with E-state index in [0.29, 0.717) is 34.1 Å². The van der Waals surface area contributed by atoms with Gasteiger partial charge in [-0.1, -0.05) is 42.1 Å². The van der Waals surface area contributed by atoms with Gasteiger partial charge in [-0.05, 0) is 49.4 Å². The van der Waals surface area contributed by atoms with Gasteiger partial charge in [0.25, 0.3) is 5.56 Å². The zero-order valence-electron chi connectivity index (χ0n) is 18.7. The number of para-hydroxylation sites is 3. The molecule has 3 aromatic carbocycles. The Bertz CT molecular complexity index is 1570. The second kappa shape index (κ2) is 10.3. The van der Waals surface area contributed by atoms with Crippen LogP contribution in [-0.2, 0) is 14.8 Å². The van der Waals surface area contributed by atoms with Crippen molar-refractivity contribution in [2.45, 2.75) is 17.0 Å². The lowest BCUT2D eigenvalue weighted by atomic mass is 10.2. The molecule has 0 aliphatic rings. The van der Waals surface area contributed by atoms with Crippen molar-refractivity contribution < 1.29 is 17.9 Å². The Hall–Kier alpha value is -3.67. The number of nitrogens with two attached hydrogens (primary N) is 1. The molecule has 0 saturated heterocycles. The molecule has 0 unspecified atom stereocenters. The van der Waals surface area contributed by atoms with E-state index in [0.717, 1.165) is 11.8 Å². The number of thioether (sulfide) groups is 1. The van der Waals surface area contributed by atoms with Gasteiger partial charge in [-0.25, -0.2) is 18.5 Å². The molecule has 0 fully saturated rings. The third kappa shape index (κ3) is 5.53. The third-order valence-corrected chi connectivity index (χ3v) is 6.78. The summed E-state index contributed by atoms with van der Waals surface area (Å²) in [6.45, 7) is 2.26. The van der Waals surface area contributed by atoms with Gasteiger partial charge in [-0.15, -0.1) is 0 Å². The maximum atomic E-state index is 13.5. The lowest BCUT2D eigenvalue weighted by molar-refractivity contribution is -0.113. The summed E-state index contributed by atoms with van der Waals surface area (Å²) in [4.78, 5) is 30.6. The average Bonchev–Trinajstić information content (AvgIpc) is 2.83. The van der Waals surface area contributed by atoms with E-state index < -0.39 is 15.9 Å². The first kappa shape index (κ1) is 24.5. The number of hydrogen-bond acceptors (Lipinski definition) is 7. The summed E-state index contributed by atoms with van der Waals surface area (Å²) in [6.07, 6.45) is 0. The number of nitrogens with zero attached hydrogens (tertiary/aromatic N) is 2. The predicted molar refractivity (Wildman–Crippen MR) is 136 cm³/mol. The minimum atomic E-state index is -3.90. The van der Waals surface area contributed by atoms with Gasteiger partial charge in [0.2, 0.25) is 15.9 Å². The highest BCUT2D eigenvalue weighted by Crippen LogP contribution is 2.27. The molecule has 4 aromatic rings. The fourth-order valence-corrected chi connectivity index (χ4v) is 4.78. The standard InChI is InChI=1S/C24H22N4O5S2/c1-2-33-21-13-6-5-12-20(21)28-23(30)18-10-3-4-11-19(18)27-24(28)34-15-22(29)26-16-8-7-9-17(14-16)35(25,31)32/h3-14H,2,15H2,1H3,(H,26,29)(H2,25,31,32). The number of fused-ring (bicyclic) bond motifs is 1. The minimum Gasteiger partial charge on any atom is -0.492 e. The molecule has 0 saturated carbocycles. The van der Waals surface area contributed by atoms with Gasteiger partial charge < -0.3 is 10.1 Å². The summed E-state index contributed by atoms with van der Waals surface area (Å²) < 4.78 is 30.3. The highest BCUT2D eigenvalue weighted by Gasteiger charge is 2.18. The SMILES string of the molecule is CCOc1ccccc1-n1c(SCC(=O)Nc2cccc(S(N)(=O)=O)c2)nc2ccccc2c1=O. The lowest BCUT2D eigenvalue weighted by Gasteiger charge is -2.16. The summed E-state index contributed by atoms with van der Waals surface area (Å²) in [7, 11) is -3.90. The quantitative estimate of drug-likeness (QED) is 0.275. The van der Waals surface area contributed by atoms with Crippen LogP contribution >= 0.6 is 11.8 Å². The van der Waals surface area contributed by atoms with E-state index in [1.54, 1.807) is 48.5 Å². The molecule has 11 heteroatoms. The first-order valence-electron chi connectivity index (χ1n) is 10.6. The number of anilines is 1. The lowest BCUT2D eigenvalue weighted by Crippen LogP contribution is -2.23. The van der Waals surface area contributed by atoms with Crippen molar-refractivity contribution in [2.24, 2.45) is 5.14 Å². The van der Waals surface area contributed by atoms with Gasteiger partial charge in [-0.2, -0.15) is 0 Å². The first-order valence-corrected chi connectivity index (χ1v) is 13.1. The molecule has 1 amide bonds. The van der Waals surface area contributed by atoms with Crippen LogP contribution in [0.5, 0.6) is 5.75 Å². The molecule has 0 radical (unpaired) electrons. The molecule has 1 heterocycles. The zero-order valence-corrected chi connectivity index (χ0v) is 20.3. The maximum absolute atomic E-state index is 13.5. The monoisotopic (exact) mass is 510 g/mol. The molecular weight excluding hydrogens is 488 g/mol. The highest BCUT2D eigenvalue weighted by molar-refractivity contribution is 7.99. The van der Waals surface area contributed by atoms with E-state index >= 15 is 0 Å². The van der Waals surface area contributed by atoms with Crippen molar-refractivity contribution in [3.05, 3.63) is 83.2 Å². The van der Waals surface area contributed by atoms with Crippen molar-refractivity contribution in [2.75, 3.05) is 17.7 Å². The van der Waals surface area contributed by atoms with Gasteiger partial charge in [0.05, 0.1) is 33.8 Å². The Morgan fingerprint density at radius 3 is 2.60 bits per heavy atom. The van der Waals surface area contributed by atoms with Crippen LogP contribution in [-0.4, -0.2) is 36.2 Å². The molecule has 1 aromatic heterocycles. The van der Waals surface area contributed by atoms with E-state index in [4.69, 9.17) is 9.88 Å². The molecule has 0 spiro atoms. The average molecular weight is 511 g/mol. The molecule has 0 aliphatic carbocycles. The number of ether oxygens (including phenoxy) is 1. The maximum Gasteiger partial charge on any atom is 0.266 e. The fraction of sp³-hybridized carbons (Fsp3) is 0.125. The van der Waals surface area contributed by atoms with Crippen LogP contribution in [0.15, 0.2) is 87.6 Å². The van der Waals surface area contributed by atoms with E-state index in [-0.39, 0.29) is 21.9 Å². The summed E-state index contributed by atoms with van der Waals surface area (Å²) in [5, 5.41) is 8.56. The Balaban J connectivity index is 1.67. The number of rotatable bonds is 8. The molecule has 0 atom stereocenters. The molecule has 180 valence electrons. The van der Waals surface area contributed by atoms with Crippen molar-refractivity contribution >= 4 is 44.3 Å². The topological polar surface area (TPSA) is 133 Å². The van der Waals surface area contributed by atoms with Gasteiger partial charge >= 0.3 is 0 Å². The van der Waals surface area contributed by atoms with Crippen LogP contribution in [0.4, 0.5) is 5.69 Å². The Morgan fingerprint density at radius 1 is 1.09 bits per heavy atom. The van der Waals surface area contributed by atoms with E-state index in [2.05, 4.69) is 10.3 Å². The summed E-state index contributed by atoms with van der Waals surface area (Å²) in [5.74, 6) is 0.0233. The molecular formula is C24H22N4O5S2. The molecule has 35 heavy (non-hydrogen) atoms. The number of amides is 1. The Kier molecular flexibility index (Phi) is 7.20. The summed E-state index contributed by atoms with van der Waals surface area (Å²) in [6, 6.07) is 19.8. The number of aromatic nitrogens is 2. The van der Waals surface area contributed by atoms with E-state index in [9.17, 15) is 18.0 Å². The second-order valence-electron chi connectivity index (χ2n) is 7.36. The fourth-order valence-electron chi connectivity index (χ4n) is 3.42. The Morgan fingerprint density at radius 2 is 1.83 bits per heavy atom. The zero-order chi connectivity index (χ0) is 25.0. The molecule has 4 rings (SSSR count). The first-order chi connectivity index (χ1) is 16.8. The number of sulfonamides is 1. The van der Waals surface area contributed by atoms with Crippen LogP contribution in [0.3, 0.4) is 0 Å². The predicted octanol–water partition coefficient (Wildman–Crippen LogP) is 3.16. The normalized spacial score (nSPS) is 11.4. The molecule has 0 bridgehead atoms. The van der Waals surface area contributed by atoms with Crippen LogP contribution in [0.1, 0.15) is 6.92 Å². The van der Waals surface area contributed by atoms with Crippen molar-refractivity contribution in [1.82, 2.24) is 9.55 Å². The second-order valence-corrected chi connectivity index (χ2v) is 9.87. The highest BCUT2D eigenvalue weighted by atomic mass is 32.2. The Labute approximate surface area is 206 Å². The number of carbonyl (C=O) groups excluding carboxylic acids is 1. The summed E-state index contributed by atoms with van der Waals surface area (Å²) in [5.41, 5.74) is 1.02. The largest absolute Gasteiger partial charge is 0.492 e. The van der Waals surface area contributed by atoms with E-state index in [1.165, 1.54) is 22.8 Å². The van der Waals surface area contributed by atoms with Crippen molar-refractivity contribution in [3.63, 3.8) is 0 Å². The van der Waals surface area contributed by atoms with Crippen LogP contribution in [0, 0.1) is 0 Å². The minimum absolute atomic E-state index is 0.0822. The number of carbonyl (C=O) groups is 1. The van der Waals surface area contributed by atoms with Gasteiger partial charge in [0.15, 0.2) is 5.16 Å². The van der Waals surface area contributed by atoms with E-state index in [1.807, 2.05) is 13.0 Å². The molecule has 0 aliphatic heterocycles. The van der Waals surface area contributed by atoms with Crippen molar-refractivity contribution in [3.8, 4) is 11.4 Å². The third-order valence-electron chi connectivity index (χ3n) is 4.93. The number of nitrogens with one attached hydrogen (secondary N) is 1. The van der Waals surface area contributed by atoms with Gasteiger partial charge in [0, 0.05) is 5.69 Å². The van der Waals surface area contributed by atoms with Crippen LogP contribution in [0.2, 0.25) is 0 Å². The number of hydrogen-bond donors (Lipinski definition) is 2. The van der Waals surface area contributed by atoms with Gasteiger partial charge in [0.1, 0.15) is 5.75 Å². The number of benzene rings is 3. The number of primary sulfonamides is 1. The molecule has 3 N–H and O–H groups in total. The van der Waals surface area contributed by atoms with Crippen molar-refractivity contribution in [1.29, 1.82) is 0 Å². The smallest absolute Gasteiger partial charge is 0.266 e. The van der Waals surface area contributed by atoms with Crippen LogP contribution < -0.4 is 20.8 Å².